The van der Waals surface area contributed by atoms with Gasteiger partial charge in [0, 0.05) is 24.1 Å². The van der Waals surface area contributed by atoms with E-state index in [1.807, 2.05) is 38.1 Å². The Balaban J connectivity index is 2.47. The summed E-state index contributed by atoms with van der Waals surface area (Å²) < 4.78 is 6.40. The van der Waals surface area contributed by atoms with Crippen LogP contribution in [0, 0.1) is 0 Å². The maximum Gasteiger partial charge on any atom is 0.221 e. The third-order valence-corrected chi connectivity index (χ3v) is 4.23. The Hall–Kier alpha value is -2.14. The highest BCUT2D eigenvalue weighted by molar-refractivity contribution is 9.10. The topological polar surface area (TPSA) is 55.4 Å². The van der Waals surface area contributed by atoms with Gasteiger partial charge in [0.05, 0.1) is 16.3 Å². The number of hydrogen-bond donors (Lipinski definition) is 1. The van der Waals surface area contributed by atoms with E-state index >= 15 is 0 Å². The van der Waals surface area contributed by atoms with Crippen LogP contribution in [0.15, 0.2) is 40.9 Å². The summed E-state index contributed by atoms with van der Waals surface area (Å²) in [7, 11) is 0. The van der Waals surface area contributed by atoms with Gasteiger partial charge in [0.25, 0.3) is 0 Å². The molecule has 0 saturated heterocycles. The molecule has 1 N–H and O–H groups in total. The molecule has 0 saturated carbocycles. The monoisotopic (exact) mass is 403 g/mol. The average Bonchev–Trinajstić information content (AvgIpc) is 2.56. The summed E-state index contributed by atoms with van der Waals surface area (Å²) in [6.45, 7) is 7.31. The van der Waals surface area contributed by atoms with Crippen molar-refractivity contribution in [1.82, 2.24) is 0 Å². The van der Waals surface area contributed by atoms with E-state index in [4.69, 9.17) is 4.74 Å². The molecule has 2 aromatic rings. The molecular weight excluding hydrogens is 382 g/mol. The van der Waals surface area contributed by atoms with Crippen molar-refractivity contribution in [2.24, 2.45) is 0 Å². The SMILES string of the molecule is CCc1ccc(C(=O)c2cc(Br)c(OC(C)C)cc2NC(C)=O)cc1. The number of carbonyl (C=O) groups excluding carboxylic acids is 2. The predicted octanol–water partition coefficient (Wildman–Crippen LogP) is 4.99. The lowest BCUT2D eigenvalue weighted by atomic mass is 9.99. The lowest BCUT2D eigenvalue weighted by Gasteiger charge is -2.16. The van der Waals surface area contributed by atoms with E-state index in [1.165, 1.54) is 12.5 Å². The van der Waals surface area contributed by atoms with Gasteiger partial charge in [0.15, 0.2) is 5.78 Å². The van der Waals surface area contributed by atoms with Crippen molar-refractivity contribution in [2.45, 2.75) is 40.2 Å². The average molecular weight is 404 g/mol. The number of aryl methyl sites for hydroxylation is 1. The van der Waals surface area contributed by atoms with Gasteiger partial charge >= 0.3 is 0 Å². The Kier molecular flexibility index (Phi) is 6.37. The summed E-state index contributed by atoms with van der Waals surface area (Å²) >= 11 is 3.45. The summed E-state index contributed by atoms with van der Waals surface area (Å²) in [5.41, 5.74) is 2.60. The number of rotatable bonds is 6. The summed E-state index contributed by atoms with van der Waals surface area (Å²) in [6, 6.07) is 10.9. The number of nitrogens with one attached hydrogen (secondary N) is 1. The van der Waals surface area contributed by atoms with Crippen molar-refractivity contribution < 1.29 is 14.3 Å². The van der Waals surface area contributed by atoms with E-state index in [2.05, 4.69) is 28.2 Å². The minimum atomic E-state index is -0.242. The normalized spacial score (nSPS) is 10.6. The number of halogens is 1. The zero-order valence-electron chi connectivity index (χ0n) is 14.9. The van der Waals surface area contributed by atoms with E-state index in [0.29, 0.717) is 27.0 Å². The van der Waals surface area contributed by atoms with Crippen LogP contribution >= 0.6 is 15.9 Å². The molecule has 0 aliphatic carbocycles. The Morgan fingerprint density at radius 3 is 2.32 bits per heavy atom. The Morgan fingerprint density at radius 1 is 1.16 bits per heavy atom. The van der Waals surface area contributed by atoms with Gasteiger partial charge in [0.2, 0.25) is 5.91 Å². The van der Waals surface area contributed by atoms with Crippen molar-refractivity contribution in [3.05, 3.63) is 57.6 Å². The van der Waals surface area contributed by atoms with E-state index < -0.39 is 0 Å². The van der Waals surface area contributed by atoms with Crippen LogP contribution in [0.25, 0.3) is 0 Å². The standard InChI is InChI=1S/C20H22BrNO3/c1-5-14-6-8-15(9-7-14)20(24)16-10-17(21)19(25-12(2)3)11-18(16)22-13(4)23/h6-12H,5H2,1-4H3,(H,22,23). The first-order chi connectivity index (χ1) is 11.8. The first-order valence-corrected chi connectivity index (χ1v) is 9.02. The van der Waals surface area contributed by atoms with Gasteiger partial charge in [-0.05, 0) is 47.8 Å². The number of hydrogen-bond acceptors (Lipinski definition) is 3. The highest BCUT2D eigenvalue weighted by Crippen LogP contribution is 2.33. The summed E-state index contributed by atoms with van der Waals surface area (Å²) in [5.74, 6) is 0.188. The first-order valence-electron chi connectivity index (χ1n) is 8.23. The molecule has 132 valence electrons. The fraction of sp³-hybridized carbons (Fsp3) is 0.300. The molecule has 0 aliphatic heterocycles. The third kappa shape index (κ3) is 4.92. The molecule has 2 aromatic carbocycles. The quantitative estimate of drug-likeness (QED) is 0.691. The molecule has 0 aromatic heterocycles. The van der Waals surface area contributed by atoms with E-state index in [9.17, 15) is 9.59 Å². The molecule has 5 heteroatoms. The van der Waals surface area contributed by atoms with Gasteiger partial charge in [-0.2, -0.15) is 0 Å². The lowest BCUT2D eigenvalue weighted by Crippen LogP contribution is -2.13. The second-order valence-electron chi connectivity index (χ2n) is 6.06. The fourth-order valence-electron chi connectivity index (χ4n) is 2.43. The van der Waals surface area contributed by atoms with Crippen molar-refractivity contribution in [1.29, 1.82) is 0 Å². The smallest absolute Gasteiger partial charge is 0.221 e. The van der Waals surface area contributed by atoms with Crippen molar-refractivity contribution in [3.8, 4) is 5.75 Å². The number of ether oxygens (including phenoxy) is 1. The molecule has 0 radical (unpaired) electrons. The summed E-state index contributed by atoms with van der Waals surface area (Å²) in [6.07, 6.45) is 0.892. The Morgan fingerprint density at radius 2 is 1.80 bits per heavy atom. The lowest BCUT2D eigenvalue weighted by molar-refractivity contribution is -0.114. The zero-order chi connectivity index (χ0) is 18.6. The number of carbonyl (C=O) groups is 2. The molecule has 4 nitrogen and oxygen atoms in total. The van der Waals surface area contributed by atoms with E-state index in [-0.39, 0.29) is 17.8 Å². The number of ketones is 1. The molecule has 0 bridgehead atoms. The molecule has 0 heterocycles. The first kappa shape index (κ1) is 19.2. The molecule has 1 amide bonds. The van der Waals surface area contributed by atoms with Gasteiger partial charge in [-0.25, -0.2) is 0 Å². The van der Waals surface area contributed by atoms with Crippen LogP contribution in [0.4, 0.5) is 5.69 Å². The largest absolute Gasteiger partial charge is 0.490 e. The molecule has 0 atom stereocenters. The molecule has 0 fully saturated rings. The Labute approximate surface area is 156 Å². The van der Waals surface area contributed by atoms with Crippen molar-refractivity contribution >= 4 is 33.3 Å². The second kappa shape index (κ2) is 8.30. The third-order valence-electron chi connectivity index (χ3n) is 3.61. The Bertz CT molecular complexity index is 782. The summed E-state index contributed by atoms with van der Waals surface area (Å²) in [5, 5.41) is 2.73. The van der Waals surface area contributed by atoms with Crippen LogP contribution in [0.5, 0.6) is 5.75 Å². The highest BCUT2D eigenvalue weighted by Gasteiger charge is 2.18. The molecule has 0 spiro atoms. The molecule has 0 unspecified atom stereocenters. The van der Waals surface area contributed by atoms with Gasteiger partial charge in [0.1, 0.15) is 5.75 Å². The number of amides is 1. The van der Waals surface area contributed by atoms with Gasteiger partial charge < -0.3 is 10.1 Å². The van der Waals surface area contributed by atoms with Gasteiger partial charge in [-0.1, -0.05) is 31.2 Å². The molecule has 2 rings (SSSR count). The van der Waals surface area contributed by atoms with Crippen LogP contribution in [0.1, 0.15) is 49.2 Å². The van der Waals surface area contributed by atoms with Crippen molar-refractivity contribution in [3.63, 3.8) is 0 Å². The maximum absolute atomic E-state index is 12.9. The zero-order valence-corrected chi connectivity index (χ0v) is 16.4. The molecule has 25 heavy (non-hydrogen) atoms. The minimum absolute atomic E-state index is 0.0235. The van der Waals surface area contributed by atoms with Crippen LogP contribution in [0.3, 0.4) is 0 Å². The van der Waals surface area contributed by atoms with Crippen LogP contribution in [-0.2, 0) is 11.2 Å². The van der Waals surface area contributed by atoms with Crippen molar-refractivity contribution in [2.75, 3.05) is 5.32 Å². The number of anilines is 1. The van der Waals surface area contributed by atoms with Crippen LogP contribution in [-0.4, -0.2) is 17.8 Å². The van der Waals surface area contributed by atoms with Gasteiger partial charge in [-0.15, -0.1) is 0 Å². The molecular formula is C20H22BrNO3. The highest BCUT2D eigenvalue weighted by atomic mass is 79.9. The summed E-state index contributed by atoms with van der Waals surface area (Å²) in [4.78, 5) is 24.5. The second-order valence-corrected chi connectivity index (χ2v) is 6.91. The van der Waals surface area contributed by atoms with E-state index in [1.54, 1.807) is 12.1 Å². The van der Waals surface area contributed by atoms with Crippen LogP contribution in [0.2, 0.25) is 0 Å². The molecule has 0 aliphatic rings. The van der Waals surface area contributed by atoms with Gasteiger partial charge in [-0.3, -0.25) is 9.59 Å². The predicted molar refractivity (Wildman–Crippen MR) is 103 cm³/mol. The maximum atomic E-state index is 12.9. The fourth-order valence-corrected chi connectivity index (χ4v) is 2.86. The van der Waals surface area contributed by atoms with E-state index in [0.717, 1.165) is 6.42 Å². The van der Waals surface area contributed by atoms with Crippen LogP contribution < -0.4 is 10.1 Å². The number of benzene rings is 2. The minimum Gasteiger partial charge on any atom is -0.490 e.